The highest BCUT2D eigenvalue weighted by molar-refractivity contribution is 7.20. The molecule has 0 amide bonds. The van der Waals surface area contributed by atoms with Gasteiger partial charge in [0.05, 0.1) is 22.7 Å². The fourth-order valence-corrected chi connectivity index (χ4v) is 9.10. The van der Waals surface area contributed by atoms with E-state index in [4.69, 9.17) is 10.3 Å². The maximum absolute atomic E-state index is 9.88. The van der Waals surface area contributed by atoms with Crippen LogP contribution in [0.5, 0.6) is 0 Å². The number of hydrogen-bond donors (Lipinski definition) is 1. The maximum atomic E-state index is 9.88. The molecule has 1 aliphatic heterocycles. The second-order valence-electron chi connectivity index (χ2n) is 13.4. The average molecular weight is 687 g/mol. The molecule has 2 atom stereocenters. The summed E-state index contributed by atoms with van der Waals surface area (Å²) in [6.07, 6.45) is 6.30. The molecule has 5 nitrogen and oxygen atoms in total. The Balaban J connectivity index is 1.07. The molecule has 0 spiro atoms. The van der Waals surface area contributed by atoms with E-state index in [-0.39, 0.29) is 12.3 Å². The number of nitrogens with one attached hydrogen (secondary N) is 1. The molecule has 0 saturated heterocycles. The van der Waals surface area contributed by atoms with Crippen LogP contribution in [0.25, 0.3) is 60.1 Å². The minimum absolute atomic E-state index is 0.221. The number of rotatable bonds is 5. The van der Waals surface area contributed by atoms with Crippen molar-refractivity contribution in [1.82, 2.24) is 9.88 Å². The zero-order valence-electron chi connectivity index (χ0n) is 28.2. The molecule has 8 aromatic rings. The SMILES string of the molecule is N#Cc1ccc2c(c1)c1cc(-c3cccc4c5c(sc34)CCC=C5)ccc1n2-c1ccc(C2N=C(c3ccccc3)[N-]C(c3ccccc3)N2)cc1. The summed E-state index contributed by atoms with van der Waals surface area (Å²) in [6.45, 7) is 0. The Morgan fingerprint density at radius 1 is 0.731 bits per heavy atom. The van der Waals surface area contributed by atoms with E-state index in [2.05, 4.69) is 119 Å². The number of aryl methyl sites for hydroxylation is 1. The highest BCUT2D eigenvalue weighted by Gasteiger charge is 2.20. The fraction of sp³-hybridized carbons (Fsp3) is 0.0870. The van der Waals surface area contributed by atoms with Crippen molar-refractivity contribution >= 4 is 55.1 Å². The first-order valence-corrected chi connectivity index (χ1v) is 18.5. The summed E-state index contributed by atoms with van der Waals surface area (Å²) in [5, 5.41) is 22.1. The van der Waals surface area contributed by atoms with Crippen LogP contribution in [0, 0.1) is 11.3 Å². The standard InChI is InChI=1S/C46H32N5S/c47-28-29-18-24-40-38(26-29)39-27-33(35-15-9-16-37-36-14-7-8-17-42(36)52-43(35)37)21-25-41(39)51(40)34-22-19-32(20-23-34)46-49-44(30-10-3-1-4-11-30)48-45(50-46)31-12-5-2-6-13-31/h1-7,9-16,18-27,44,46,49H,8,17H2/q-1. The van der Waals surface area contributed by atoms with Crippen molar-refractivity contribution in [2.24, 2.45) is 4.99 Å². The molecule has 1 N–H and O–H groups in total. The molecule has 6 aromatic carbocycles. The predicted molar refractivity (Wildman–Crippen MR) is 215 cm³/mol. The van der Waals surface area contributed by atoms with Crippen molar-refractivity contribution in [2.45, 2.75) is 25.2 Å². The van der Waals surface area contributed by atoms with E-state index < -0.39 is 0 Å². The van der Waals surface area contributed by atoms with Gasteiger partial charge in [0.25, 0.3) is 0 Å². The van der Waals surface area contributed by atoms with Crippen LogP contribution in [0.2, 0.25) is 0 Å². The molecular weight excluding hydrogens is 655 g/mol. The first-order chi connectivity index (χ1) is 25.7. The van der Waals surface area contributed by atoms with Crippen LogP contribution in [-0.2, 0) is 6.42 Å². The van der Waals surface area contributed by atoms with Gasteiger partial charge in [0, 0.05) is 43.8 Å². The zero-order chi connectivity index (χ0) is 34.6. The molecule has 2 aromatic heterocycles. The van der Waals surface area contributed by atoms with Gasteiger partial charge >= 0.3 is 0 Å². The molecule has 1 aliphatic carbocycles. The summed E-state index contributed by atoms with van der Waals surface area (Å²) in [5.41, 5.74) is 10.8. The molecule has 2 unspecified atom stereocenters. The lowest BCUT2D eigenvalue weighted by molar-refractivity contribution is 0.488. The topological polar surface area (TPSA) is 67.2 Å². The second-order valence-corrected chi connectivity index (χ2v) is 14.5. The molecule has 3 heterocycles. The van der Waals surface area contributed by atoms with Gasteiger partial charge in [-0.1, -0.05) is 115 Å². The zero-order valence-corrected chi connectivity index (χ0v) is 29.0. The van der Waals surface area contributed by atoms with Crippen molar-refractivity contribution in [3.05, 3.63) is 184 Å². The van der Waals surface area contributed by atoms with Crippen molar-refractivity contribution in [1.29, 1.82) is 5.26 Å². The Hall–Kier alpha value is -6.26. The number of allylic oxidation sites excluding steroid dienone is 1. The minimum Gasteiger partial charge on any atom is -0.445 e. The van der Waals surface area contributed by atoms with Gasteiger partial charge in [-0.3, -0.25) is 0 Å². The molecule has 0 saturated carbocycles. The largest absolute Gasteiger partial charge is 0.445 e. The number of nitrogens with zero attached hydrogens (tertiary/aromatic N) is 4. The van der Waals surface area contributed by atoms with E-state index in [1.54, 1.807) is 0 Å². The summed E-state index contributed by atoms with van der Waals surface area (Å²) in [4.78, 5) is 6.56. The lowest BCUT2D eigenvalue weighted by Crippen LogP contribution is -2.31. The van der Waals surface area contributed by atoms with Crippen LogP contribution in [0.1, 0.15) is 51.4 Å². The Bertz CT molecular complexity index is 2750. The molecule has 52 heavy (non-hydrogen) atoms. The Labute approximate surface area is 305 Å². The number of nitriles is 1. The van der Waals surface area contributed by atoms with Crippen molar-refractivity contribution < 1.29 is 0 Å². The van der Waals surface area contributed by atoms with E-state index in [9.17, 15) is 5.26 Å². The van der Waals surface area contributed by atoms with Crippen molar-refractivity contribution in [3.8, 4) is 22.9 Å². The van der Waals surface area contributed by atoms with Crippen LogP contribution in [-0.4, -0.2) is 10.4 Å². The summed E-state index contributed by atoms with van der Waals surface area (Å²) >= 11 is 1.93. The summed E-state index contributed by atoms with van der Waals surface area (Å²) in [5.74, 6) is 0.739. The molecule has 2 aliphatic rings. The maximum Gasteiger partial charge on any atom is 0.0991 e. The van der Waals surface area contributed by atoms with Crippen LogP contribution >= 0.6 is 11.3 Å². The monoisotopic (exact) mass is 686 g/mol. The van der Waals surface area contributed by atoms with E-state index >= 15 is 0 Å². The molecule has 6 heteroatoms. The number of aromatic nitrogens is 1. The lowest BCUT2D eigenvalue weighted by atomic mass is 9.98. The number of amidine groups is 1. The molecule has 248 valence electrons. The van der Waals surface area contributed by atoms with E-state index in [0.29, 0.717) is 5.56 Å². The van der Waals surface area contributed by atoms with Crippen LogP contribution in [0.15, 0.2) is 151 Å². The highest BCUT2D eigenvalue weighted by atomic mass is 32.1. The molecule has 0 bridgehead atoms. The van der Waals surface area contributed by atoms with Gasteiger partial charge in [-0.05, 0) is 88.7 Å². The number of hydrogen-bond acceptors (Lipinski definition) is 4. The van der Waals surface area contributed by atoms with Gasteiger partial charge < -0.3 is 20.2 Å². The molecule has 10 rings (SSSR count). The van der Waals surface area contributed by atoms with Crippen molar-refractivity contribution in [2.75, 3.05) is 0 Å². The Morgan fingerprint density at radius 2 is 1.50 bits per heavy atom. The number of aliphatic imine (C=N–C) groups is 1. The average Bonchev–Trinajstić information content (AvgIpc) is 3.76. The number of thiophene rings is 1. The number of benzene rings is 6. The van der Waals surface area contributed by atoms with Crippen LogP contribution in [0.3, 0.4) is 0 Å². The third-order valence-corrected chi connectivity index (χ3v) is 11.6. The predicted octanol–water partition coefficient (Wildman–Crippen LogP) is 11.6. The van der Waals surface area contributed by atoms with Gasteiger partial charge in [-0.25, -0.2) is 0 Å². The van der Waals surface area contributed by atoms with E-state index in [1.165, 1.54) is 31.7 Å². The summed E-state index contributed by atoms with van der Waals surface area (Å²) in [7, 11) is 0. The third-order valence-electron chi connectivity index (χ3n) is 10.3. The van der Waals surface area contributed by atoms with Crippen LogP contribution < -0.4 is 5.32 Å². The summed E-state index contributed by atoms with van der Waals surface area (Å²) < 4.78 is 3.65. The van der Waals surface area contributed by atoms with Gasteiger partial charge in [0.15, 0.2) is 0 Å². The molecular formula is C46H32N5S-. The Kier molecular flexibility index (Phi) is 7.35. The van der Waals surface area contributed by atoms with Gasteiger partial charge in [-0.15, -0.1) is 11.3 Å². The van der Waals surface area contributed by atoms with Crippen LogP contribution in [0.4, 0.5) is 0 Å². The van der Waals surface area contributed by atoms with Gasteiger partial charge in [0.1, 0.15) is 0 Å². The summed E-state index contributed by atoms with van der Waals surface area (Å²) in [6, 6.07) is 51.1. The fourth-order valence-electron chi connectivity index (χ4n) is 7.76. The lowest BCUT2D eigenvalue weighted by Gasteiger charge is -2.40. The number of fused-ring (bicyclic) bond motifs is 6. The van der Waals surface area contributed by atoms with Crippen molar-refractivity contribution in [3.63, 3.8) is 0 Å². The molecule has 0 radical (unpaired) electrons. The van der Waals surface area contributed by atoms with E-state index in [1.807, 2.05) is 59.9 Å². The first kappa shape index (κ1) is 30.6. The third kappa shape index (κ3) is 5.13. The highest BCUT2D eigenvalue weighted by Crippen LogP contribution is 2.43. The van der Waals surface area contributed by atoms with E-state index in [0.717, 1.165) is 62.9 Å². The quantitative estimate of drug-likeness (QED) is 0.196. The van der Waals surface area contributed by atoms with Gasteiger partial charge in [0.2, 0.25) is 0 Å². The smallest absolute Gasteiger partial charge is 0.0991 e. The Morgan fingerprint density at radius 3 is 2.31 bits per heavy atom. The second kappa shape index (κ2) is 12.5. The first-order valence-electron chi connectivity index (χ1n) is 17.7. The normalized spacial score (nSPS) is 16.8. The minimum atomic E-state index is -0.271. The van der Waals surface area contributed by atoms with Gasteiger partial charge in [-0.2, -0.15) is 5.26 Å². The molecule has 0 fully saturated rings.